The van der Waals surface area contributed by atoms with E-state index >= 15 is 0 Å². The summed E-state index contributed by atoms with van der Waals surface area (Å²) in [6.07, 6.45) is 0. The minimum Gasteiger partial charge on any atom is -0.408 e. The fraction of sp³-hybridized carbons (Fsp3) is 0. The molecule has 0 heterocycles. The molecule has 0 aliphatic heterocycles. The van der Waals surface area contributed by atoms with Crippen molar-refractivity contribution in [1.82, 2.24) is 0 Å². The summed E-state index contributed by atoms with van der Waals surface area (Å²) in [4.78, 5) is 0. The molecule has 0 aromatic heterocycles. The summed E-state index contributed by atoms with van der Waals surface area (Å²) in [7, 11) is 0. The first kappa shape index (κ1) is 15.9. The topological polar surface area (TPSA) is 56.7 Å². The number of nitrogens with one attached hydrogen (secondary N) is 2. The summed E-state index contributed by atoms with van der Waals surface area (Å²) in [5.74, 6) is 0.213. The van der Waals surface area contributed by atoms with E-state index < -0.39 is 0 Å². The van der Waals surface area contributed by atoms with Gasteiger partial charge in [-0.25, -0.2) is 0 Å². The van der Waals surface area contributed by atoms with E-state index in [-0.39, 0.29) is 5.96 Å². The van der Waals surface area contributed by atoms with Crippen LogP contribution < -0.4 is 10.6 Å². The Hall–Kier alpha value is -2.98. The minimum absolute atomic E-state index is 0.213. The SMILES string of the molecule is O/N=C(\Nc1ccc(-c2ccccc2)cc1)Nc1cccc(Cl)c1. The number of rotatable bonds is 3. The number of anilines is 2. The Morgan fingerprint density at radius 3 is 2.08 bits per heavy atom. The fourth-order valence-electron chi connectivity index (χ4n) is 2.30. The average Bonchev–Trinajstić information content (AvgIpc) is 2.62. The lowest BCUT2D eigenvalue weighted by molar-refractivity contribution is 0.319. The highest BCUT2D eigenvalue weighted by atomic mass is 35.5. The summed E-state index contributed by atoms with van der Waals surface area (Å²) in [5.41, 5.74) is 3.80. The normalized spacial score (nSPS) is 11.1. The maximum absolute atomic E-state index is 9.18. The molecule has 0 amide bonds. The molecule has 0 unspecified atom stereocenters. The van der Waals surface area contributed by atoms with Crippen molar-refractivity contribution in [1.29, 1.82) is 0 Å². The molecule has 0 spiro atoms. The van der Waals surface area contributed by atoms with Gasteiger partial charge in [0.05, 0.1) is 0 Å². The number of oxime groups is 1. The summed E-state index contributed by atoms with van der Waals surface area (Å²) < 4.78 is 0. The number of hydrogen-bond acceptors (Lipinski definition) is 2. The first-order valence-electron chi connectivity index (χ1n) is 7.42. The first-order chi connectivity index (χ1) is 11.7. The quantitative estimate of drug-likeness (QED) is 0.264. The standard InChI is InChI=1S/C19H16ClN3O/c20-16-7-4-8-18(13-16)22-19(23-24)21-17-11-9-15(10-12-17)14-5-2-1-3-6-14/h1-13,24H,(H2,21,22,23). The van der Waals surface area contributed by atoms with Gasteiger partial charge in [0.2, 0.25) is 5.96 Å². The van der Waals surface area contributed by atoms with Gasteiger partial charge in [-0.1, -0.05) is 65.3 Å². The highest BCUT2D eigenvalue weighted by molar-refractivity contribution is 6.30. The summed E-state index contributed by atoms with van der Waals surface area (Å²) in [6.45, 7) is 0. The van der Waals surface area contributed by atoms with Gasteiger partial charge in [0.15, 0.2) is 0 Å². The van der Waals surface area contributed by atoms with Crippen LogP contribution in [0, 0.1) is 0 Å². The Labute approximate surface area is 145 Å². The Morgan fingerprint density at radius 1 is 0.750 bits per heavy atom. The molecule has 0 aliphatic rings. The predicted molar refractivity (Wildman–Crippen MR) is 99.8 cm³/mol. The maximum atomic E-state index is 9.18. The smallest absolute Gasteiger partial charge is 0.242 e. The summed E-state index contributed by atoms with van der Waals surface area (Å²) >= 11 is 5.94. The Balaban J connectivity index is 1.70. The third kappa shape index (κ3) is 4.06. The molecule has 3 aromatic rings. The molecule has 5 heteroatoms. The van der Waals surface area contributed by atoms with Gasteiger partial charge in [-0.15, -0.1) is 0 Å². The lowest BCUT2D eigenvalue weighted by Crippen LogP contribution is -2.21. The molecular weight excluding hydrogens is 322 g/mol. The number of guanidine groups is 1. The molecule has 0 atom stereocenters. The zero-order valence-corrected chi connectivity index (χ0v) is 13.5. The largest absolute Gasteiger partial charge is 0.408 e. The summed E-state index contributed by atoms with van der Waals surface area (Å²) in [6, 6.07) is 25.1. The van der Waals surface area contributed by atoms with Gasteiger partial charge in [-0.05, 0) is 41.5 Å². The zero-order valence-electron chi connectivity index (χ0n) is 12.8. The van der Waals surface area contributed by atoms with Crippen LogP contribution in [0.2, 0.25) is 5.02 Å². The fourth-order valence-corrected chi connectivity index (χ4v) is 2.49. The van der Waals surface area contributed by atoms with Crippen LogP contribution in [0.5, 0.6) is 0 Å². The van der Waals surface area contributed by atoms with Crippen molar-refractivity contribution in [3.63, 3.8) is 0 Å². The zero-order chi connectivity index (χ0) is 16.8. The molecule has 0 radical (unpaired) electrons. The van der Waals surface area contributed by atoms with Gasteiger partial charge in [0, 0.05) is 16.4 Å². The molecule has 24 heavy (non-hydrogen) atoms. The van der Waals surface area contributed by atoms with Gasteiger partial charge in [-0.2, -0.15) is 0 Å². The van der Waals surface area contributed by atoms with Crippen LogP contribution in [0.25, 0.3) is 11.1 Å². The lowest BCUT2D eigenvalue weighted by Gasteiger charge is -2.11. The second-order valence-electron chi connectivity index (χ2n) is 5.15. The van der Waals surface area contributed by atoms with Crippen LogP contribution in [0.4, 0.5) is 11.4 Å². The van der Waals surface area contributed by atoms with E-state index in [1.54, 1.807) is 12.1 Å². The number of hydrogen-bond donors (Lipinski definition) is 3. The highest BCUT2D eigenvalue weighted by Crippen LogP contribution is 2.21. The van der Waals surface area contributed by atoms with Crippen LogP contribution in [-0.4, -0.2) is 11.2 Å². The van der Waals surface area contributed by atoms with Crippen LogP contribution in [0.3, 0.4) is 0 Å². The molecule has 4 nitrogen and oxygen atoms in total. The third-order valence-corrected chi connectivity index (χ3v) is 3.68. The molecular formula is C19H16ClN3O. The molecule has 3 N–H and O–H groups in total. The van der Waals surface area contributed by atoms with E-state index in [1.807, 2.05) is 54.6 Å². The van der Waals surface area contributed by atoms with Crippen molar-refractivity contribution in [2.75, 3.05) is 10.6 Å². The van der Waals surface area contributed by atoms with Crippen LogP contribution in [-0.2, 0) is 0 Å². The van der Waals surface area contributed by atoms with Crippen molar-refractivity contribution < 1.29 is 5.21 Å². The first-order valence-corrected chi connectivity index (χ1v) is 7.79. The van der Waals surface area contributed by atoms with E-state index in [0.717, 1.165) is 22.5 Å². The molecule has 120 valence electrons. The van der Waals surface area contributed by atoms with Crippen LogP contribution >= 0.6 is 11.6 Å². The second kappa shape index (κ2) is 7.53. The van der Waals surface area contributed by atoms with Gasteiger partial charge >= 0.3 is 0 Å². The average molecular weight is 338 g/mol. The van der Waals surface area contributed by atoms with Crippen LogP contribution in [0.15, 0.2) is 84.0 Å². The van der Waals surface area contributed by atoms with Crippen molar-refractivity contribution >= 4 is 28.9 Å². The van der Waals surface area contributed by atoms with E-state index in [4.69, 9.17) is 11.6 Å². The van der Waals surface area contributed by atoms with Crippen LogP contribution in [0.1, 0.15) is 0 Å². The molecule has 0 bridgehead atoms. The molecule has 3 aromatic carbocycles. The van der Waals surface area contributed by atoms with Gasteiger partial charge < -0.3 is 15.8 Å². The summed E-state index contributed by atoms with van der Waals surface area (Å²) in [5, 5.41) is 19.0. The third-order valence-electron chi connectivity index (χ3n) is 3.44. The highest BCUT2D eigenvalue weighted by Gasteiger charge is 2.03. The van der Waals surface area contributed by atoms with Gasteiger partial charge in [0.25, 0.3) is 0 Å². The number of benzene rings is 3. The number of halogens is 1. The van der Waals surface area contributed by atoms with E-state index in [9.17, 15) is 5.21 Å². The van der Waals surface area contributed by atoms with Crippen molar-refractivity contribution in [3.05, 3.63) is 83.9 Å². The molecule has 0 saturated carbocycles. The Morgan fingerprint density at radius 2 is 1.42 bits per heavy atom. The lowest BCUT2D eigenvalue weighted by atomic mass is 10.1. The van der Waals surface area contributed by atoms with Crippen molar-refractivity contribution in [2.24, 2.45) is 5.16 Å². The van der Waals surface area contributed by atoms with Crippen molar-refractivity contribution in [2.45, 2.75) is 0 Å². The molecule has 0 fully saturated rings. The molecule has 3 rings (SSSR count). The predicted octanol–water partition coefficient (Wildman–Crippen LogP) is 5.28. The Kier molecular flexibility index (Phi) is 4.99. The Bertz CT molecular complexity index is 833. The minimum atomic E-state index is 0.213. The van der Waals surface area contributed by atoms with Crippen molar-refractivity contribution in [3.8, 4) is 11.1 Å². The number of nitrogens with zero attached hydrogens (tertiary/aromatic N) is 1. The maximum Gasteiger partial charge on any atom is 0.242 e. The van der Waals surface area contributed by atoms with E-state index in [1.165, 1.54) is 0 Å². The van der Waals surface area contributed by atoms with E-state index in [0.29, 0.717) is 5.02 Å². The van der Waals surface area contributed by atoms with Gasteiger partial charge in [0.1, 0.15) is 0 Å². The molecule has 0 aliphatic carbocycles. The van der Waals surface area contributed by atoms with Gasteiger partial charge in [-0.3, -0.25) is 0 Å². The monoisotopic (exact) mass is 337 g/mol. The molecule has 0 saturated heterocycles. The van der Waals surface area contributed by atoms with E-state index in [2.05, 4.69) is 27.9 Å². The second-order valence-corrected chi connectivity index (χ2v) is 5.59.